The molecule has 2 aromatic carbocycles. The van der Waals surface area contributed by atoms with Gasteiger partial charge in [-0.15, -0.1) is 0 Å². The predicted octanol–water partition coefficient (Wildman–Crippen LogP) is 3.41. The minimum absolute atomic E-state index is 0.108. The van der Waals surface area contributed by atoms with Gasteiger partial charge >= 0.3 is 0 Å². The SMILES string of the molecule is CCNC(=O)C(C)N(Cc1ccc(OC)cc1)C(=O)CCCN(c1cc(C)cc(C)c1)S(C)(=O)=O. The maximum Gasteiger partial charge on any atom is 0.242 e. The van der Waals surface area contributed by atoms with Gasteiger partial charge in [-0.05, 0) is 75.1 Å². The van der Waals surface area contributed by atoms with Crippen molar-refractivity contribution in [1.82, 2.24) is 10.2 Å². The number of nitrogens with one attached hydrogen (secondary N) is 1. The van der Waals surface area contributed by atoms with E-state index in [1.165, 1.54) is 15.5 Å². The van der Waals surface area contributed by atoms with Crippen LogP contribution in [0.3, 0.4) is 0 Å². The molecule has 0 heterocycles. The largest absolute Gasteiger partial charge is 0.497 e. The first-order valence-corrected chi connectivity index (χ1v) is 13.6. The zero-order valence-corrected chi connectivity index (χ0v) is 22.3. The average molecular weight is 504 g/mol. The van der Waals surface area contributed by atoms with Crippen molar-refractivity contribution in [2.75, 3.05) is 30.8 Å². The second-order valence-corrected chi connectivity index (χ2v) is 10.6. The summed E-state index contributed by atoms with van der Waals surface area (Å²) < 4.78 is 31.5. The molecule has 0 bridgehead atoms. The van der Waals surface area contributed by atoms with Crippen LogP contribution in [0.2, 0.25) is 0 Å². The number of rotatable bonds is 12. The highest BCUT2D eigenvalue weighted by atomic mass is 32.2. The van der Waals surface area contributed by atoms with E-state index in [1.54, 1.807) is 14.0 Å². The second kappa shape index (κ2) is 12.6. The van der Waals surface area contributed by atoms with Crippen molar-refractivity contribution >= 4 is 27.5 Å². The summed E-state index contributed by atoms with van der Waals surface area (Å²) in [5, 5.41) is 2.77. The fourth-order valence-electron chi connectivity index (χ4n) is 3.93. The summed E-state index contributed by atoms with van der Waals surface area (Å²) in [6.07, 6.45) is 1.59. The van der Waals surface area contributed by atoms with Gasteiger partial charge in [0.1, 0.15) is 11.8 Å². The molecule has 2 amide bonds. The molecule has 2 aromatic rings. The lowest BCUT2D eigenvalue weighted by molar-refractivity contribution is -0.140. The number of ether oxygens (including phenoxy) is 1. The number of hydrogen-bond acceptors (Lipinski definition) is 5. The van der Waals surface area contributed by atoms with Crippen LogP contribution in [0.15, 0.2) is 42.5 Å². The molecule has 8 nitrogen and oxygen atoms in total. The molecular formula is C26H37N3O5S. The first-order valence-electron chi connectivity index (χ1n) is 11.7. The summed E-state index contributed by atoms with van der Waals surface area (Å²) in [6.45, 7) is 8.25. The topological polar surface area (TPSA) is 96.0 Å². The summed E-state index contributed by atoms with van der Waals surface area (Å²) in [4.78, 5) is 27.3. The van der Waals surface area contributed by atoms with Gasteiger partial charge in [0.15, 0.2) is 0 Å². The molecule has 0 saturated carbocycles. The van der Waals surface area contributed by atoms with Crippen molar-refractivity contribution in [3.63, 3.8) is 0 Å². The first-order chi connectivity index (χ1) is 16.5. The van der Waals surface area contributed by atoms with E-state index in [0.29, 0.717) is 24.4 Å². The maximum absolute atomic E-state index is 13.3. The molecule has 0 aliphatic heterocycles. The van der Waals surface area contributed by atoms with E-state index in [2.05, 4.69) is 5.32 Å². The van der Waals surface area contributed by atoms with E-state index in [4.69, 9.17) is 4.74 Å². The van der Waals surface area contributed by atoms with Crippen LogP contribution in [-0.2, 0) is 26.2 Å². The summed E-state index contributed by atoms with van der Waals surface area (Å²) in [7, 11) is -1.95. The molecule has 9 heteroatoms. The van der Waals surface area contributed by atoms with Gasteiger partial charge in [-0.2, -0.15) is 0 Å². The quantitative estimate of drug-likeness (QED) is 0.479. The van der Waals surface area contributed by atoms with Gasteiger partial charge in [0.2, 0.25) is 21.8 Å². The van der Waals surface area contributed by atoms with Gasteiger partial charge in [-0.1, -0.05) is 18.2 Å². The van der Waals surface area contributed by atoms with Crippen molar-refractivity contribution in [2.45, 2.75) is 53.1 Å². The lowest BCUT2D eigenvalue weighted by atomic mass is 10.1. The fraction of sp³-hybridized carbons (Fsp3) is 0.462. The van der Waals surface area contributed by atoms with Crippen LogP contribution in [0.25, 0.3) is 0 Å². The smallest absolute Gasteiger partial charge is 0.242 e. The van der Waals surface area contributed by atoms with Crippen LogP contribution in [0.1, 0.15) is 43.4 Å². The minimum atomic E-state index is -3.53. The van der Waals surface area contributed by atoms with Gasteiger partial charge in [-0.3, -0.25) is 13.9 Å². The van der Waals surface area contributed by atoms with E-state index >= 15 is 0 Å². The third kappa shape index (κ3) is 8.28. The van der Waals surface area contributed by atoms with Crippen LogP contribution < -0.4 is 14.4 Å². The van der Waals surface area contributed by atoms with Gasteiger partial charge < -0.3 is 15.0 Å². The number of amides is 2. The lowest BCUT2D eigenvalue weighted by Crippen LogP contribution is -2.47. The van der Waals surface area contributed by atoms with E-state index in [9.17, 15) is 18.0 Å². The molecule has 1 atom stereocenters. The minimum Gasteiger partial charge on any atom is -0.497 e. The molecule has 2 rings (SSSR count). The summed E-state index contributed by atoms with van der Waals surface area (Å²) in [6, 6.07) is 12.3. The van der Waals surface area contributed by atoms with Gasteiger partial charge in [0.25, 0.3) is 0 Å². The number of carbonyl (C=O) groups is 2. The van der Waals surface area contributed by atoms with E-state index in [-0.39, 0.29) is 31.3 Å². The highest BCUT2D eigenvalue weighted by molar-refractivity contribution is 7.92. The molecule has 0 radical (unpaired) electrons. The molecule has 1 N–H and O–H groups in total. The first kappa shape index (κ1) is 28.2. The van der Waals surface area contributed by atoms with Gasteiger partial charge in [0, 0.05) is 26.1 Å². The summed E-state index contributed by atoms with van der Waals surface area (Å²) in [5.41, 5.74) is 3.38. The van der Waals surface area contributed by atoms with Crippen molar-refractivity contribution in [3.8, 4) is 5.75 Å². The zero-order valence-electron chi connectivity index (χ0n) is 21.5. The van der Waals surface area contributed by atoms with E-state index in [0.717, 1.165) is 16.7 Å². The zero-order chi connectivity index (χ0) is 26.2. The number of sulfonamides is 1. The third-order valence-corrected chi connectivity index (χ3v) is 6.87. The van der Waals surface area contributed by atoms with Crippen LogP contribution in [0.5, 0.6) is 5.75 Å². The number of methoxy groups -OCH3 is 1. The van der Waals surface area contributed by atoms with E-state index < -0.39 is 16.1 Å². The van der Waals surface area contributed by atoms with Crippen molar-refractivity contribution in [2.24, 2.45) is 0 Å². The Morgan fingerprint density at radius 3 is 2.17 bits per heavy atom. The molecule has 0 fully saturated rings. The standard InChI is InChI=1S/C26H37N3O5S/c1-7-27-26(31)21(4)28(18-22-10-12-24(34-5)13-11-22)25(30)9-8-14-29(35(6,32)33)23-16-19(2)15-20(3)17-23/h10-13,15-17,21H,7-9,14,18H2,1-6H3,(H,27,31). The molecule has 35 heavy (non-hydrogen) atoms. The van der Waals surface area contributed by atoms with Crippen molar-refractivity contribution in [3.05, 3.63) is 59.2 Å². The van der Waals surface area contributed by atoms with E-state index in [1.807, 2.05) is 63.2 Å². The Morgan fingerprint density at radius 2 is 1.66 bits per heavy atom. The predicted molar refractivity (Wildman–Crippen MR) is 139 cm³/mol. The molecule has 1 unspecified atom stereocenters. The Kier molecular flexibility index (Phi) is 10.1. The molecule has 0 saturated heterocycles. The molecular weight excluding hydrogens is 466 g/mol. The molecule has 192 valence electrons. The van der Waals surface area contributed by atoms with Crippen molar-refractivity contribution in [1.29, 1.82) is 0 Å². The Balaban J connectivity index is 2.18. The van der Waals surface area contributed by atoms with Crippen LogP contribution in [0, 0.1) is 13.8 Å². The number of hydrogen-bond donors (Lipinski definition) is 1. The Bertz CT molecular complexity index is 1100. The lowest BCUT2D eigenvalue weighted by Gasteiger charge is -2.29. The molecule has 0 aliphatic carbocycles. The normalized spacial score (nSPS) is 12.1. The Hall–Kier alpha value is -3.07. The summed E-state index contributed by atoms with van der Waals surface area (Å²) >= 11 is 0. The third-order valence-electron chi connectivity index (χ3n) is 5.68. The number of likely N-dealkylation sites (N-methyl/N-ethyl adjacent to an activating group) is 1. The maximum atomic E-state index is 13.3. The van der Waals surface area contributed by atoms with Crippen LogP contribution >= 0.6 is 0 Å². The monoisotopic (exact) mass is 503 g/mol. The van der Waals surface area contributed by atoms with Crippen LogP contribution in [0.4, 0.5) is 5.69 Å². The molecule has 0 aromatic heterocycles. The fourth-order valence-corrected chi connectivity index (χ4v) is 4.88. The number of nitrogens with zero attached hydrogens (tertiary/aromatic N) is 2. The Morgan fingerprint density at radius 1 is 1.06 bits per heavy atom. The summed E-state index contributed by atoms with van der Waals surface area (Å²) in [5.74, 6) is 0.256. The van der Waals surface area contributed by atoms with Gasteiger partial charge in [0.05, 0.1) is 19.1 Å². The number of aryl methyl sites for hydroxylation is 2. The molecule has 0 spiro atoms. The number of benzene rings is 2. The number of carbonyl (C=O) groups excluding carboxylic acids is 2. The highest BCUT2D eigenvalue weighted by Crippen LogP contribution is 2.22. The highest BCUT2D eigenvalue weighted by Gasteiger charge is 2.26. The Labute approximate surface area is 209 Å². The molecule has 0 aliphatic rings. The van der Waals surface area contributed by atoms with Gasteiger partial charge in [-0.25, -0.2) is 8.42 Å². The van der Waals surface area contributed by atoms with Crippen LogP contribution in [-0.4, -0.2) is 57.6 Å². The average Bonchev–Trinajstić information content (AvgIpc) is 2.78. The second-order valence-electron chi connectivity index (χ2n) is 8.72. The number of anilines is 1. The van der Waals surface area contributed by atoms with Crippen molar-refractivity contribution < 1.29 is 22.7 Å².